The van der Waals surface area contributed by atoms with Crippen LogP contribution in [0.1, 0.15) is 32.1 Å². The highest BCUT2D eigenvalue weighted by atomic mass is 15.3. The maximum absolute atomic E-state index is 4.56. The number of rotatable bonds is 2. The van der Waals surface area contributed by atoms with Gasteiger partial charge in [0.2, 0.25) is 0 Å². The molecule has 2 aromatic rings. The van der Waals surface area contributed by atoms with Crippen LogP contribution in [0.2, 0.25) is 6.32 Å². The topological polar surface area (TPSA) is 29.9 Å². The fourth-order valence-corrected chi connectivity index (χ4v) is 3.75. The summed E-state index contributed by atoms with van der Waals surface area (Å²) in [5.74, 6) is 0.851. The zero-order valence-corrected chi connectivity index (χ0v) is 11.8. The molecule has 0 amide bonds. The summed E-state index contributed by atoms with van der Waals surface area (Å²) in [5, 5.41) is 8.24. The van der Waals surface area contributed by atoms with Crippen molar-refractivity contribution in [2.45, 2.75) is 38.4 Å². The minimum Gasteiger partial charge on any atom is -0.408 e. The van der Waals surface area contributed by atoms with E-state index in [0.717, 1.165) is 5.92 Å². The smallest absolute Gasteiger partial charge is 0.396 e. The molecule has 0 unspecified atom stereocenters. The molecule has 1 aliphatic carbocycles. The highest BCUT2D eigenvalue weighted by molar-refractivity contribution is 6.62. The average Bonchev–Trinajstić information content (AvgIpc) is 2.98. The minimum absolute atomic E-state index is 0.318. The molecule has 2 aliphatic rings. The van der Waals surface area contributed by atoms with Crippen molar-refractivity contribution in [1.29, 1.82) is 0 Å². The zero-order chi connectivity index (χ0) is 13.4. The number of nitrogens with zero attached hydrogens (tertiary/aromatic N) is 2. The third-order valence-electron chi connectivity index (χ3n) is 4.77. The lowest BCUT2D eigenvalue weighted by molar-refractivity contribution is 0.382. The monoisotopic (exact) mass is 265 g/mol. The summed E-state index contributed by atoms with van der Waals surface area (Å²) in [7, 11) is 0. The molecule has 1 fully saturated rings. The molecule has 4 rings (SSSR count). The van der Waals surface area contributed by atoms with Gasteiger partial charge in [0.15, 0.2) is 0 Å². The number of fused-ring (bicyclic) bond motifs is 3. The normalized spacial score (nSPS) is 18.3. The van der Waals surface area contributed by atoms with Crippen molar-refractivity contribution < 1.29 is 0 Å². The Bertz CT molecular complexity index is 601. The van der Waals surface area contributed by atoms with Crippen LogP contribution in [0.4, 0.5) is 5.69 Å². The van der Waals surface area contributed by atoms with Crippen LogP contribution in [0.15, 0.2) is 36.5 Å². The third-order valence-corrected chi connectivity index (χ3v) is 4.77. The van der Waals surface area contributed by atoms with Gasteiger partial charge in [0.05, 0.1) is 5.69 Å². The minimum atomic E-state index is 0.318. The lowest BCUT2D eigenvalue weighted by Gasteiger charge is -2.30. The van der Waals surface area contributed by atoms with E-state index in [2.05, 4.69) is 45.3 Å². The van der Waals surface area contributed by atoms with Crippen molar-refractivity contribution >= 4 is 12.7 Å². The van der Waals surface area contributed by atoms with E-state index in [4.69, 9.17) is 0 Å². The molecule has 1 aliphatic heterocycles. The molecule has 4 heteroatoms. The van der Waals surface area contributed by atoms with Gasteiger partial charge < -0.3 is 5.23 Å². The second kappa shape index (κ2) is 5.00. The van der Waals surface area contributed by atoms with Crippen LogP contribution < -0.4 is 5.23 Å². The zero-order valence-electron chi connectivity index (χ0n) is 11.8. The summed E-state index contributed by atoms with van der Waals surface area (Å²) in [6.07, 6.45) is 10.1. The second-order valence-corrected chi connectivity index (χ2v) is 6.11. The van der Waals surface area contributed by atoms with Crippen molar-refractivity contribution in [3.63, 3.8) is 0 Å². The van der Waals surface area contributed by atoms with E-state index in [9.17, 15) is 0 Å². The summed E-state index contributed by atoms with van der Waals surface area (Å²) in [4.78, 5) is 0. The van der Waals surface area contributed by atoms with Crippen molar-refractivity contribution in [3.05, 3.63) is 36.5 Å². The predicted octanol–water partition coefficient (Wildman–Crippen LogP) is 3.89. The maximum atomic E-state index is 4.56. The Morgan fingerprint density at radius 2 is 2.00 bits per heavy atom. The van der Waals surface area contributed by atoms with E-state index in [1.165, 1.54) is 55.4 Å². The molecule has 102 valence electrons. The molecule has 0 spiro atoms. The molecule has 20 heavy (non-hydrogen) atoms. The Morgan fingerprint density at radius 3 is 2.90 bits per heavy atom. The van der Waals surface area contributed by atoms with Gasteiger partial charge in [-0.05, 0) is 24.4 Å². The van der Waals surface area contributed by atoms with E-state index < -0.39 is 0 Å². The van der Waals surface area contributed by atoms with Crippen molar-refractivity contribution in [2.24, 2.45) is 5.92 Å². The van der Waals surface area contributed by atoms with Gasteiger partial charge in [0.1, 0.15) is 0 Å². The van der Waals surface area contributed by atoms with Gasteiger partial charge in [-0.15, -0.1) is 0 Å². The molecule has 1 aromatic heterocycles. The van der Waals surface area contributed by atoms with Crippen LogP contribution in [0, 0.1) is 5.92 Å². The van der Waals surface area contributed by atoms with Crippen LogP contribution in [-0.2, 0) is 0 Å². The first-order chi connectivity index (χ1) is 9.92. The van der Waals surface area contributed by atoms with E-state index in [1.54, 1.807) is 0 Å². The second-order valence-electron chi connectivity index (χ2n) is 6.11. The standard InChI is InChI=1S/C16H20BN3/c1-2-6-13(7-3-1)12-17-19-15-9-5-4-8-14(15)16-10-11-18-20(16)17/h4-5,8-11,13,19H,1-3,6-7,12H2. The number of para-hydroxylation sites is 1. The summed E-state index contributed by atoms with van der Waals surface area (Å²) < 4.78 is 2.18. The number of aromatic nitrogens is 2. The SMILES string of the molecule is c1ccc2c(c1)NB(CC1CCCCC1)n1nccc1-2. The highest BCUT2D eigenvalue weighted by Crippen LogP contribution is 2.35. The fourth-order valence-electron chi connectivity index (χ4n) is 3.75. The molecule has 0 bridgehead atoms. The summed E-state index contributed by atoms with van der Waals surface area (Å²) in [6, 6.07) is 10.7. The van der Waals surface area contributed by atoms with Crippen LogP contribution in [0.5, 0.6) is 0 Å². The van der Waals surface area contributed by atoms with Crippen molar-refractivity contribution in [2.75, 3.05) is 5.23 Å². The fraction of sp³-hybridized carbons (Fsp3) is 0.438. The molecule has 0 saturated heterocycles. The van der Waals surface area contributed by atoms with Crippen LogP contribution >= 0.6 is 0 Å². The maximum Gasteiger partial charge on any atom is 0.396 e. The predicted molar refractivity (Wildman–Crippen MR) is 83.8 cm³/mol. The Morgan fingerprint density at radius 1 is 1.15 bits per heavy atom. The van der Waals surface area contributed by atoms with Gasteiger partial charge in [0.25, 0.3) is 0 Å². The summed E-state index contributed by atoms with van der Waals surface area (Å²) in [5.41, 5.74) is 3.77. The van der Waals surface area contributed by atoms with E-state index >= 15 is 0 Å². The first-order valence-corrected chi connectivity index (χ1v) is 7.81. The van der Waals surface area contributed by atoms with E-state index in [1.807, 2.05) is 6.20 Å². The Labute approximate surface area is 120 Å². The van der Waals surface area contributed by atoms with Gasteiger partial charge in [-0.25, -0.2) is 0 Å². The van der Waals surface area contributed by atoms with E-state index in [-0.39, 0.29) is 0 Å². The summed E-state index contributed by atoms with van der Waals surface area (Å²) in [6.45, 7) is 0.318. The molecule has 3 nitrogen and oxygen atoms in total. The van der Waals surface area contributed by atoms with Gasteiger partial charge in [-0.2, -0.15) is 5.10 Å². The first kappa shape index (κ1) is 12.1. The summed E-state index contributed by atoms with van der Waals surface area (Å²) >= 11 is 0. The number of hydrogen-bond acceptors (Lipinski definition) is 2. The molecule has 1 N–H and O–H groups in total. The number of hydrogen-bond donors (Lipinski definition) is 1. The Balaban J connectivity index is 1.63. The Kier molecular flexibility index (Phi) is 3.02. The van der Waals surface area contributed by atoms with Gasteiger partial charge in [-0.3, -0.25) is 4.59 Å². The van der Waals surface area contributed by atoms with Gasteiger partial charge >= 0.3 is 6.98 Å². The molecule has 1 saturated carbocycles. The molecule has 0 atom stereocenters. The lowest BCUT2D eigenvalue weighted by Crippen LogP contribution is -2.40. The van der Waals surface area contributed by atoms with Crippen LogP contribution in [0.3, 0.4) is 0 Å². The molecular weight excluding hydrogens is 245 g/mol. The molecular formula is C16H20BN3. The molecule has 2 heterocycles. The van der Waals surface area contributed by atoms with Crippen molar-refractivity contribution in [1.82, 2.24) is 9.69 Å². The highest BCUT2D eigenvalue weighted by Gasteiger charge is 2.31. The van der Waals surface area contributed by atoms with Crippen molar-refractivity contribution in [3.8, 4) is 11.3 Å². The van der Waals surface area contributed by atoms with Gasteiger partial charge in [-0.1, -0.05) is 50.3 Å². The number of nitrogens with one attached hydrogen (secondary N) is 1. The van der Waals surface area contributed by atoms with Crippen LogP contribution in [0.25, 0.3) is 11.3 Å². The first-order valence-electron chi connectivity index (χ1n) is 7.81. The molecule has 0 radical (unpaired) electrons. The Hall–Kier alpha value is -1.71. The number of benzene rings is 1. The average molecular weight is 265 g/mol. The third kappa shape index (κ3) is 2.03. The lowest BCUT2D eigenvalue weighted by atomic mass is 9.63. The van der Waals surface area contributed by atoms with Gasteiger partial charge in [0, 0.05) is 17.4 Å². The van der Waals surface area contributed by atoms with E-state index in [0.29, 0.717) is 6.98 Å². The number of anilines is 1. The molecule has 1 aromatic carbocycles. The van der Waals surface area contributed by atoms with Crippen LogP contribution in [-0.4, -0.2) is 16.7 Å². The largest absolute Gasteiger partial charge is 0.408 e. The quantitative estimate of drug-likeness (QED) is 0.835.